The molecule has 3 aliphatic rings. The molecule has 206 valence electrons. The fourth-order valence-electron chi connectivity index (χ4n) is 7.33. The van der Waals surface area contributed by atoms with Crippen molar-refractivity contribution in [2.75, 3.05) is 18.1 Å². The highest BCUT2D eigenvalue weighted by atomic mass is 32.2. The van der Waals surface area contributed by atoms with Crippen LogP contribution in [0.5, 0.6) is 0 Å². The first-order chi connectivity index (χ1) is 19.3. The normalized spacial score (nSPS) is 29.4. The molecule has 3 saturated heterocycles. The minimum atomic E-state index is -1.01. The summed E-state index contributed by atoms with van der Waals surface area (Å²) >= 11 is 1.49. The van der Waals surface area contributed by atoms with Crippen LogP contribution in [0.2, 0.25) is 0 Å². The molecule has 3 fully saturated rings. The fourth-order valence-corrected chi connectivity index (χ4v) is 9.66. The van der Waals surface area contributed by atoms with Crippen LogP contribution in [-0.4, -0.2) is 61.6 Å². The van der Waals surface area contributed by atoms with Crippen molar-refractivity contribution in [3.05, 3.63) is 91.0 Å². The molecule has 8 heteroatoms. The first-order valence-corrected chi connectivity index (χ1v) is 14.4. The molecule has 0 radical (unpaired) electrons. The zero-order valence-electron chi connectivity index (χ0n) is 22.3. The second-order valence-corrected chi connectivity index (χ2v) is 13.1. The van der Waals surface area contributed by atoms with Gasteiger partial charge in [-0.15, -0.1) is 18.3 Å². The second-order valence-electron chi connectivity index (χ2n) is 11.2. The molecule has 3 aromatic rings. The smallest absolute Gasteiger partial charge is 0.308 e. The number of anilines is 1. The number of carboxylic acids is 1. The number of aliphatic carboxylic acids is 1. The highest BCUT2D eigenvalue weighted by Crippen LogP contribution is 2.72. The molecule has 2 unspecified atom stereocenters. The number of benzene rings is 3. The summed E-state index contributed by atoms with van der Waals surface area (Å²) in [6.07, 6.45) is 2.81. The van der Waals surface area contributed by atoms with E-state index in [2.05, 4.69) is 6.58 Å². The summed E-state index contributed by atoms with van der Waals surface area (Å²) in [6.45, 7) is 5.63. The minimum absolute atomic E-state index is 0.218. The quantitative estimate of drug-likeness (QED) is 0.392. The molecule has 3 aliphatic heterocycles. The average molecular weight is 557 g/mol. The first kappa shape index (κ1) is 26.6. The van der Waals surface area contributed by atoms with Gasteiger partial charge in [0.2, 0.25) is 5.91 Å². The van der Waals surface area contributed by atoms with Crippen LogP contribution in [0.15, 0.2) is 85.5 Å². The molecule has 7 nitrogen and oxygen atoms in total. The molecular weight excluding hydrogens is 524 g/mol. The number of fused-ring (bicyclic) bond motifs is 2. The van der Waals surface area contributed by atoms with Gasteiger partial charge in [0.25, 0.3) is 5.91 Å². The van der Waals surface area contributed by atoms with E-state index in [1.54, 1.807) is 11.0 Å². The molecule has 2 amide bonds. The maximum atomic E-state index is 14.8. The Bertz CT molecular complexity index is 1510. The van der Waals surface area contributed by atoms with Crippen LogP contribution in [0, 0.1) is 11.8 Å². The van der Waals surface area contributed by atoms with E-state index in [0.717, 1.165) is 10.8 Å². The van der Waals surface area contributed by atoms with Crippen molar-refractivity contribution < 1.29 is 24.6 Å². The Balaban J connectivity index is 1.51. The van der Waals surface area contributed by atoms with E-state index in [0.29, 0.717) is 24.1 Å². The topological polar surface area (TPSA) is 98.2 Å². The monoisotopic (exact) mass is 556 g/mol. The molecule has 2 bridgehead atoms. The molecular formula is C32H32N2O5S. The van der Waals surface area contributed by atoms with Crippen LogP contribution in [0.3, 0.4) is 0 Å². The number of carboxylic acid groups (broad SMARTS) is 1. The Hall–Kier alpha value is -3.62. The maximum Gasteiger partial charge on any atom is 0.308 e. The molecule has 6 rings (SSSR count). The van der Waals surface area contributed by atoms with E-state index in [1.165, 1.54) is 16.7 Å². The number of hydrogen-bond donors (Lipinski definition) is 2. The van der Waals surface area contributed by atoms with Crippen LogP contribution < -0.4 is 4.90 Å². The highest BCUT2D eigenvalue weighted by molar-refractivity contribution is 8.02. The predicted molar refractivity (Wildman–Crippen MR) is 156 cm³/mol. The molecule has 2 N–H and O–H groups in total. The van der Waals surface area contributed by atoms with Crippen molar-refractivity contribution in [2.24, 2.45) is 11.8 Å². The number of amides is 2. The van der Waals surface area contributed by atoms with Crippen molar-refractivity contribution in [1.29, 1.82) is 0 Å². The number of nitrogens with zero attached hydrogens (tertiary/aromatic N) is 2. The van der Waals surface area contributed by atoms with Crippen LogP contribution in [0.4, 0.5) is 5.69 Å². The van der Waals surface area contributed by atoms with Gasteiger partial charge in [-0.3, -0.25) is 14.4 Å². The Morgan fingerprint density at radius 3 is 2.48 bits per heavy atom. The Kier molecular flexibility index (Phi) is 6.50. The van der Waals surface area contributed by atoms with E-state index < -0.39 is 39.4 Å². The van der Waals surface area contributed by atoms with Crippen molar-refractivity contribution in [1.82, 2.24) is 4.90 Å². The number of aliphatic hydroxyl groups is 1. The van der Waals surface area contributed by atoms with Crippen molar-refractivity contribution in [2.45, 2.75) is 41.3 Å². The predicted octanol–water partition coefficient (Wildman–Crippen LogP) is 4.66. The molecule has 1 spiro atoms. The van der Waals surface area contributed by atoms with Crippen molar-refractivity contribution in [3.8, 4) is 0 Å². The lowest BCUT2D eigenvalue weighted by atomic mass is 9.66. The standard InChI is InChI=1S/C32H32N2O5S/c1-3-17-33(23-14-13-20-9-7-8-12-22(20)18-23)29(37)27-32-16-15-31(2,40-32)26(30(38)39)25(32)28(36)34(27)24(19-35)21-10-5-4-6-11-21/h3-14,18,24-27,35H,1,15-17,19H2,2H3,(H,38,39)/t24-,25+,26+,27?,31-,32?/m1/s1. The SMILES string of the molecule is C=CCN(C(=O)C1N([C@H](CO)c2ccccc2)C(=O)[C@@H]2[C@@H](C(=O)O)[C@@]3(C)CCC12S3)c1ccc2ccccc2c1. The van der Waals surface area contributed by atoms with Gasteiger partial charge < -0.3 is 20.0 Å². The maximum absolute atomic E-state index is 14.8. The van der Waals surface area contributed by atoms with Gasteiger partial charge in [0, 0.05) is 17.0 Å². The van der Waals surface area contributed by atoms with Crippen molar-refractivity contribution >= 4 is 46.0 Å². The van der Waals surface area contributed by atoms with Gasteiger partial charge in [-0.2, -0.15) is 0 Å². The summed E-state index contributed by atoms with van der Waals surface area (Å²) < 4.78 is -1.56. The lowest BCUT2D eigenvalue weighted by Crippen LogP contribution is -2.56. The summed E-state index contributed by atoms with van der Waals surface area (Å²) in [6, 6.07) is 21.1. The number of thioether (sulfide) groups is 1. The third-order valence-electron chi connectivity index (χ3n) is 9.03. The summed E-state index contributed by atoms with van der Waals surface area (Å²) in [5.41, 5.74) is 1.38. The zero-order chi connectivity index (χ0) is 28.2. The third-order valence-corrected chi connectivity index (χ3v) is 11.0. The van der Waals surface area contributed by atoms with Crippen LogP contribution in [0.25, 0.3) is 10.8 Å². The lowest BCUT2D eigenvalue weighted by molar-refractivity contribution is -0.150. The number of rotatable bonds is 8. The van der Waals surface area contributed by atoms with Gasteiger partial charge in [0.15, 0.2) is 0 Å². The highest BCUT2D eigenvalue weighted by Gasteiger charge is 2.78. The summed E-state index contributed by atoms with van der Waals surface area (Å²) in [4.78, 5) is 44.9. The number of carbonyl (C=O) groups is 3. The van der Waals surface area contributed by atoms with Gasteiger partial charge in [-0.1, -0.05) is 66.7 Å². The van der Waals surface area contributed by atoms with Gasteiger partial charge in [-0.25, -0.2) is 0 Å². The Labute approximate surface area is 237 Å². The molecule has 0 aliphatic carbocycles. The van der Waals surface area contributed by atoms with Gasteiger partial charge in [0.05, 0.1) is 29.2 Å². The molecule has 6 atom stereocenters. The molecule has 3 heterocycles. The Morgan fingerprint density at radius 1 is 1.10 bits per heavy atom. The van der Waals surface area contributed by atoms with E-state index in [-0.39, 0.29) is 25.0 Å². The van der Waals surface area contributed by atoms with Crippen molar-refractivity contribution in [3.63, 3.8) is 0 Å². The van der Waals surface area contributed by atoms with Crippen LogP contribution >= 0.6 is 11.8 Å². The van der Waals surface area contributed by atoms with Gasteiger partial charge >= 0.3 is 5.97 Å². The number of carbonyl (C=O) groups excluding carboxylic acids is 2. The molecule has 3 aromatic carbocycles. The number of aliphatic hydroxyl groups excluding tert-OH is 1. The molecule has 0 saturated carbocycles. The average Bonchev–Trinajstić information content (AvgIpc) is 3.53. The minimum Gasteiger partial charge on any atom is -0.481 e. The van der Waals surface area contributed by atoms with Crippen LogP contribution in [0.1, 0.15) is 31.4 Å². The summed E-state index contributed by atoms with van der Waals surface area (Å²) in [5, 5.41) is 23.0. The van der Waals surface area contributed by atoms with Crippen LogP contribution in [-0.2, 0) is 14.4 Å². The first-order valence-electron chi connectivity index (χ1n) is 13.6. The fraction of sp³-hybridized carbons (Fsp3) is 0.344. The molecule has 0 aromatic heterocycles. The lowest BCUT2D eigenvalue weighted by Gasteiger charge is -2.39. The summed E-state index contributed by atoms with van der Waals surface area (Å²) in [7, 11) is 0. The van der Waals surface area contributed by atoms with E-state index in [1.807, 2.05) is 79.7 Å². The third kappa shape index (κ3) is 3.80. The van der Waals surface area contributed by atoms with E-state index in [9.17, 15) is 24.6 Å². The number of hydrogen-bond acceptors (Lipinski definition) is 5. The van der Waals surface area contributed by atoms with E-state index in [4.69, 9.17) is 0 Å². The largest absolute Gasteiger partial charge is 0.481 e. The Morgan fingerprint density at radius 2 is 1.80 bits per heavy atom. The zero-order valence-corrected chi connectivity index (χ0v) is 23.1. The summed E-state index contributed by atoms with van der Waals surface area (Å²) in [5.74, 6) is -3.45. The number of likely N-dealkylation sites (tertiary alicyclic amines) is 1. The second kappa shape index (κ2) is 9.78. The van der Waals surface area contributed by atoms with Gasteiger partial charge in [-0.05, 0) is 48.2 Å². The molecule has 40 heavy (non-hydrogen) atoms. The van der Waals surface area contributed by atoms with Gasteiger partial charge in [0.1, 0.15) is 6.04 Å². The van der Waals surface area contributed by atoms with E-state index >= 15 is 0 Å².